The largest absolute Gasteiger partial charge is 0.494 e. The predicted octanol–water partition coefficient (Wildman–Crippen LogP) is 3.74. The van der Waals surface area contributed by atoms with Crippen molar-refractivity contribution >= 4 is 38.5 Å². The summed E-state index contributed by atoms with van der Waals surface area (Å²) in [4.78, 5) is 31.5. The van der Waals surface area contributed by atoms with Gasteiger partial charge in [-0.25, -0.2) is 4.98 Å². The van der Waals surface area contributed by atoms with Crippen molar-refractivity contribution in [1.29, 1.82) is 0 Å². The number of thiazole rings is 1. The first-order valence-electron chi connectivity index (χ1n) is 10.8. The monoisotopic (exact) mass is 469 g/mol. The molecule has 0 spiro atoms. The van der Waals surface area contributed by atoms with Crippen LogP contribution in [0.15, 0.2) is 36.4 Å². The zero-order valence-electron chi connectivity index (χ0n) is 18.9. The first-order chi connectivity index (χ1) is 16.0. The Balaban J connectivity index is 1.35. The summed E-state index contributed by atoms with van der Waals surface area (Å²) in [7, 11) is 3.19. The van der Waals surface area contributed by atoms with Gasteiger partial charge in [-0.15, -0.1) is 0 Å². The van der Waals surface area contributed by atoms with E-state index in [1.807, 2.05) is 43.3 Å². The third-order valence-corrected chi connectivity index (χ3v) is 6.54. The first-order valence-corrected chi connectivity index (χ1v) is 11.6. The van der Waals surface area contributed by atoms with Gasteiger partial charge in [0, 0.05) is 19.5 Å². The molecule has 1 unspecified atom stereocenters. The number of ether oxygens (including phenoxy) is 3. The molecule has 1 aliphatic rings. The SMILES string of the molecule is CCOc1ccc2nc(NC(=O)C3CC(=O)N(CCc4ccc(OC)c(OC)c4)C3)sc2c1. The number of carbonyl (C=O) groups is 2. The van der Waals surface area contributed by atoms with Crippen molar-refractivity contribution in [2.75, 3.05) is 39.2 Å². The Morgan fingerprint density at radius 2 is 2.00 bits per heavy atom. The van der Waals surface area contributed by atoms with Crippen LogP contribution in [0.1, 0.15) is 18.9 Å². The van der Waals surface area contributed by atoms with Gasteiger partial charge in [-0.3, -0.25) is 9.59 Å². The highest BCUT2D eigenvalue weighted by molar-refractivity contribution is 7.22. The van der Waals surface area contributed by atoms with Crippen LogP contribution in [-0.4, -0.2) is 55.6 Å². The molecule has 2 aromatic carbocycles. The fourth-order valence-corrected chi connectivity index (χ4v) is 4.78. The lowest BCUT2D eigenvalue weighted by Crippen LogP contribution is -2.30. The van der Waals surface area contributed by atoms with Gasteiger partial charge in [-0.1, -0.05) is 17.4 Å². The average molecular weight is 470 g/mol. The second-order valence-electron chi connectivity index (χ2n) is 7.75. The highest BCUT2D eigenvalue weighted by atomic mass is 32.1. The van der Waals surface area contributed by atoms with Crippen molar-refractivity contribution < 1.29 is 23.8 Å². The summed E-state index contributed by atoms with van der Waals surface area (Å²) >= 11 is 1.40. The standard InChI is InChI=1S/C24H27N3O5S/c1-4-32-17-6-7-18-21(13-17)33-24(25-18)26-23(29)16-12-22(28)27(14-16)10-9-15-5-8-19(30-2)20(11-15)31-3/h5-8,11,13,16H,4,9-10,12,14H2,1-3H3,(H,25,26,29). The maximum Gasteiger partial charge on any atom is 0.231 e. The molecule has 0 aliphatic carbocycles. The molecule has 3 aromatic rings. The van der Waals surface area contributed by atoms with Gasteiger partial charge >= 0.3 is 0 Å². The second kappa shape index (κ2) is 10.1. The van der Waals surface area contributed by atoms with Crippen molar-refractivity contribution in [2.24, 2.45) is 5.92 Å². The Bertz CT molecular complexity index is 1160. The van der Waals surface area contributed by atoms with Crippen LogP contribution in [0.3, 0.4) is 0 Å². The highest BCUT2D eigenvalue weighted by Gasteiger charge is 2.34. The number of hydrogen-bond acceptors (Lipinski definition) is 7. The molecule has 1 saturated heterocycles. The van der Waals surface area contributed by atoms with Gasteiger partial charge in [0.2, 0.25) is 11.8 Å². The van der Waals surface area contributed by atoms with Crippen LogP contribution in [-0.2, 0) is 16.0 Å². The molecular weight excluding hydrogens is 442 g/mol. The number of amides is 2. The molecule has 8 nitrogen and oxygen atoms in total. The number of fused-ring (bicyclic) bond motifs is 1. The third kappa shape index (κ3) is 5.19. The molecule has 1 aromatic heterocycles. The van der Waals surface area contributed by atoms with E-state index in [0.29, 0.717) is 42.7 Å². The normalized spacial score (nSPS) is 15.7. The van der Waals surface area contributed by atoms with E-state index in [-0.39, 0.29) is 18.2 Å². The van der Waals surface area contributed by atoms with Crippen molar-refractivity contribution in [2.45, 2.75) is 19.8 Å². The molecule has 0 radical (unpaired) electrons. The lowest BCUT2D eigenvalue weighted by molar-refractivity contribution is -0.128. The Morgan fingerprint density at radius 1 is 1.18 bits per heavy atom. The van der Waals surface area contributed by atoms with Gasteiger partial charge in [0.25, 0.3) is 0 Å². The van der Waals surface area contributed by atoms with Crippen LogP contribution >= 0.6 is 11.3 Å². The molecule has 2 heterocycles. The van der Waals surface area contributed by atoms with Gasteiger partial charge in [-0.05, 0) is 49.2 Å². The van der Waals surface area contributed by atoms with E-state index < -0.39 is 5.92 Å². The summed E-state index contributed by atoms with van der Waals surface area (Å²) in [6.07, 6.45) is 0.873. The smallest absolute Gasteiger partial charge is 0.231 e. The average Bonchev–Trinajstić information content (AvgIpc) is 3.39. The lowest BCUT2D eigenvalue weighted by Gasteiger charge is -2.17. The van der Waals surface area contributed by atoms with Crippen molar-refractivity contribution in [1.82, 2.24) is 9.88 Å². The van der Waals surface area contributed by atoms with E-state index in [0.717, 1.165) is 21.5 Å². The van der Waals surface area contributed by atoms with E-state index in [1.54, 1.807) is 19.1 Å². The van der Waals surface area contributed by atoms with Crippen LogP contribution in [0, 0.1) is 5.92 Å². The first kappa shape index (κ1) is 22.8. The van der Waals surface area contributed by atoms with Gasteiger partial charge < -0.3 is 24.4 Å². The van der Waals surface area contributed by atoms with Gasteiger partial charge in [0.05, 0.1) is 37.0 Å². The summed E-state index contributed by atoms with van der Waals surface area (Å²) in [5.74, 6) is 1.51. The number of aromatic nitrogens is 1. The third-order valence-electron chi connectivity index (χ3n) is 5.60. The van der Waals surface area contributed by atoms with Gasteiger partial charge in [0.1, 0.15) is 5.75 Å². The number of nitrogens with one attached hydrogen (secondary N) is 1. The zero-order valence-corrected chi connectivity index (χ0v) is 19.7. The number of likely N-dealkylation sites (tertiary alicyclic amines) is 1. The predicted molar refractivity (Wildman–Crippen MR) is 127 cm³/mol. The number of nitrogens with zero attached hydrogens (tertiary/aromatic N) is 2. The summed E-state index contributed by atoms with van der Waals surface area (Å²) < 4.78 is 17.1. The molecule has 1 aliphatic heterocycles. The molecule has 174 valence electrons. The fraction of sp³-hybridized carbons (Fsp3) is 0.375. The Hall–Kier alpha value is -3.33. The topological polar surface area (TPSA) is 90.0 Å². The Morgan fingerprint density at radius 3 is 2.76 bits per heavy atom. The van der Waals surface area contributed by atoms with Gasteiger partial charge in [0.15, 0.2) is 16.6 Å². The van der Waals surface area contributed by atoms with E-state index >= 15 is 0 Å². The van der Waals surface area contributed by atoms with Gasteiger partial charge in [-0.2, -0.15) is 0 Å². The van der Waals surface area contributed by atoms with Crippen molar-refractivity contribution in [3.05, 3.63) is 42.0 Å². The molecule has 9 heteroatoms. The van der Waals surface area contributed by atoms with Crippen LogP contribution in [0.4, 0.5) is 5.13 Å². The molecule has 0 saturated carbocycles. The molecule has 33 heavy (non-hydrogen) atoms. The number of anilines is 1. The van der Waals surface area contributed by atoms with Crippen LogP contribution in [0.5, 0.6) is 17.2 Å². The maximum absolute atomic E-state index is 12.8. The molecule has 1 atom stereocenters. The molecule has 1 N–H and O–H groups in total. The quantitative estimate of drug-likeness (QED) is 0.514. The maximum atomic E-state index is 12.8. The summed E-state index contributed by atoms with van der Waals surface area (Å²) in [5.41, 5.74) is 1.84. The second-order valence-corrected chi connectivity index (χ2v) is 8.78. The summed E-state index contributed by atoms with van der Waals surface area (Å²) in [6.45, 7) is 3.46. The van der Waals surface area contributed by atoms with E-state index in [2.05, 4.69) is 10.3 Å². The molecule has 0 bridgehead atoms. The number of hydrogen-bond donors (Lipinski definition) is 1. The van der Waals surface area contributed by atoms with E-state index in [9.17, 15) is 9.59 Å². The minimum Gasteiger partial charge on any atom is -0.494 e. The number of carbonyl (C=O) groups excluding carboxylic acids is 2. The Kier molecular flexibility index (Phi) is 6.98. The molecule has 1 fully saturated rings. The van der Waals surface area contributed by atoms with Crippen molar-refractivity contribution in [3.63, 3.8) is 0 Å². The van der Waals surface area contributed by atoms with Crippen LogP contribution in [0.25, 0.3) is 10.2 Å². The van der Waals surface area contributed by atoms with E-state index in [1.165, 1.54) is 11.3 Å². The summed E-state index contributed by atoms with van der Waals surface area (Å²) in [6, 6.07) is 11.4. The number of methoxy groups -OCH3 is 2. The molecular formula is C24H27N3O5S. The van der Waals surface area contributed by atoms with E-state index in [4.69, 9.17) is 14.2 Å². The number of benzene rings is 2. The van der Waals surface area contributed by atoms with Crippen molar-refractivity contribution in [3.8, 4) is 17.2 Å². The fourth-order valence-electron chi connectivity index (χ4n) is 3.89. The zero-order chi connectivity index (χ0) is 23.4. The number of rotatable bonds is 9. The lowest BCUT2D eigenvalue weighted by atomic mass is 10.1. The minimum absolute atomic E-state index is 0.0127. The minimum atomic E-state index is -0.395. The highest BCUT2D eigenvalue weighted by Crippen LogP contribution is 2.31. The Labute approximate surface area is 196 Å². The summed E-state index contributed by atoms with van der Waals surface area (Å²) in [5, 5.41) is 3.41. The van der Waals surface area contributed by atoms with Crippen LogP contribution in [0.2, 0.25) is 0 Å². The van der Waals surface area contributed by atoms with Crippen LogP contribution < -0.4 is 19.5 Å². The molecule has 4 rings (SSSR count). The molecule has 2 amide bonds.